The standard InChI is InChI=1S/C11H14N2O3/c1-8(14)13-11(2,7-10(15)16)9-3-5-12-6-4-9/h3-6H,7H2,1-2H3,(H,13,14)(H,15,16). The van der Waals surface area contributed by atoms with Crippen LogP contribution < -0.4 is 5.32 Å². The van der Waals surface area contributed by atoms with Crippen molar-refractivity contribution in [2.24, 2.45) is 0 Å². The Hall–Kier alpha value is -1.91. The molecule has 1 aromatic heterocycles. The van der Waals surface area contributed by atoms with Crippen LogP contribution in [0.4, 0.5) is 0 Å². The zero-order valence-electron chi connectivity index (χ0n) is 9.23. The molecular weight excluding hydrogens is 208 g/mol. The minimum absolute atomic E-state index is 0.170. The highest BCUT2D eigenvalue weighted by Gasteiger charge is 2.30. The number of carbonyl (C=O) groups excluding carboxylic acids is 1. The molecule has 0 spiro atoms. The van der Waals surface area contributed by atoms with Crippen molar-refractivity contribution >= 4 is 11.9 Å². The Morgan fingerprint density at radius 1 is 1.44 bits per heavy atom. The van der Waals surface area contributed by atoms with Gasteiger partial charge in [-0.2, -0.15) is 0 Å². The molecule has 2 N–H and O–H groups in total. The molecule has 0 aliphatic rings. The van der Waals surface area contributed by atoms with E-state index in [2.05, 4.69) is 10.3 Å². The summed E-state index contributed by atoms with van der Waals surface area (Å²) in [6.07, 6.45) is 2.96. The molecule has 0 radical (unpaired) electrons. The SMILES string of the molecule is CC(=O)NC(C)(CC(=O)O)c1ccncc1. The van der Waals surface area contributed by atoms with Gasteiger partial charge in [-0.3, -0.25) is 14.6 Å². The van der Waals surface area contributed by atoms with E-state index in [1.165, 1.54) is 6.92 Å². The number of pyridine rings is 1. The van der Waals surface area contributed by atoms with E-state index in [1.54, 1.807) is 31.5 Å². The van der Waals surface area contributed by atoms with Crippen LogP contribution >= 0.6 is 0 Å². The van der Waals surface area contributed by atoms with Gasteiger partial charge in [0, 0.05) is 19.3 Å². The fraction of sp³-hybridized carbons (Fsp3) is 0.364. The monoisotopic (exact) mass is 222 g/mol. The molecule has 0 aliphatic carbocycles. The van der Waals surface area contributed by atoms with Crippen LogP contribution in [0.5, 0.6) is 0 Å². The first-order valence-electron chi connectivity index (χ1n) is 4.85. The molecule has 5 nitrogen and oxygen atoms in total. The number of amides is 1. The molecule has 1 heterocycles. The fourth-order valence-corrected chi connectivity index (χ4v) is 1.63. The van der Waals surface area contributed by atoms with E-state index < -0.39 is 11.5 Å². The Bertz CT molecular complexity index is 373. The van der Waals surface area contributed by atoms with Gasteiger partial charge in [0.15, 0.2) is 0 Å². The van der Waals surface area contributed by atoms with Crippen LogP contribution in [0.1, 0.15) is 25.8 Å². The van der Waals surface area contributed by atoms with E-state index in [0.29, 0.717) is 0 Å². The highest BCUT2D eigenvalue weighted by atomic mass is 16.4. The van der Waals surface area contributed by atoms with E-state index in [4.69, 9.17) is 5.11 Å². The molecule has 0 bridgehead atoms. The average molecular weight is 222 g/mol. The lowest BCUT2D eigenvalue weighted by Gasteiger charge is -2.29. The van der Waals surface area contributed by atoms with E-state index in [0.717, 1.165) is 5.56 Å². The maximum Gasteiger partial charge on any atom is 0.306 e. The van der Waals surface area contributed by atoms with Crippen LogP contribution in [0.15, 0.2) is 24.5 Å². The Kier molecular flexibility index (Phi) is 3.60. The number of hydrogen-bond donors (Lipinski definition) is 2. The topological polar surface area (TPSA) is 79.3 Å². The summed E-state index contributed by atoms with van der Waals surface area (Å²) >= 11 is 0. The lowest BCUT2D eigenvalue weighted by Crippen LogP contribution is -2.44. The number of carboxylic acids is 1. The maximum absolute atomic E-state index is 11.1. The smallest absolute Gasteiger partial charge is 0.306 e. The maximum atomic E-state index is 11.1. The van der Waals surface area contributed by atoms with E-state index >= 15 is 0 Å². The van der Waals surface area contributed by atoms with Crippen LogP contribution in [0, 0.1) is 0 Å². The third-order valence-corrected chi connectivity index (χ3v) is 2.27. The van der Waals surface area contributed by atoms with Crippen molar-refractivity contribution in [2.75, 3.05) is 0 Å². The minimum atomic E-state index is -0.965. The predicted octanol–water partition coefficient (Wildman–Crippen LogP) is 0.908. The molecule has 1 amide bonds. The average Bonchev–Trinajstić information content (AvgIpc) is 2.16. The first-order chi connectivity index (χ1) is 7.44. The predicted molar refractivity (Wildman–Crippen MR) is 57.7 cm³/mol. The van der Waals surface area contributed by atoms with Gasteiger partial charge in [0.1, 0.15) is 0 Å². The molecule has 1 rings (SSSR count). The van der Waals surface area contributed by atoms with Crippen LogP contribution in [-0.2, 0) is 15.1 Å². The van der Waals surface area contributed by atoms with Gasteiger partial charge in [0.2, 0.25) is 5.91 Å². The van der Waals surface area contributed by atoms with Gasteiger partial charge in [-0.15, -0.1) is 0 Å². The third-order valence-electron chi connectivity index (χ3n) is 2.27. The van der Waals surface area contributed by atoms with E-state index in [9.17, 15) is 9.59 Å². The number of aromatic nitrogens is 1. The molecule has 0 fully saturated rings. The first kappa shape index (κ1) is 12.2. The summed E-state index contributed by atoms with van der Waals surface area (Å²) in [5.41, 5.74) is -0.180. The van der Waals surface area contributed by atoms with Gasteiger partial charge in [-0.25, -0.2) is 0 Å². The van der Waals surface area contributed by atoms with Crippen molar-refractivity contribution < 1.29 is 14.7 Å². The Morgan fingerprint density at radius 2 is 2.00 bits per heavy atom. The summed E-state index contributed by atoms with van der Waals surface area (Å²) in [6.45, 7) is 3.04. The Labute approximate surface area is 93.5 Å². The van der Waals surface area contributed by atoms with Crippen molar-refractivity contribution in [1.82, 2.24) is 10.3 Å². The molecule has 0 aliphatic heterocycles. The second kappa shape index (κ2) is 4.74. The van der Waals surface area contributed by atoms with Crippen LogP contribution in [0.3, 0.4) is 0 Å². The molecule has 0 saturated carbocycles. The van der Waals surface area contributed by atoms with Crippen molar-refractivity contribution in [1.29, 1.82) is 0 Å². The van der Waals surface area contributed by atoms with Gasteiger partial charge in [0.05, 0.1) is 12.0 Å². The number of nitrogens with one attached hydrogen (secondary N) is 1. The number of rotatable bonds is 4. The number of carbonyl (C=O) groups is 2. The van der Waals surface area contributed by atoms with Gasteiger partial charge in [-0.05, 0) is 24.6 Å². The summed E-state index contributed by atoms with van der Waals surface area (Å²) in [5.74, 6) is -1.23. The molecule has 1 aromatic rings. The lowest BCUT2D eigenvalue weighted by molar-refractivity contribution is -0.139. The lowest BCUT2D eigenvalue weighted by atomic mass is 9.89. The van der Waals surface area contributed by atoms with Gasteiger partial charge >= 0.3 is 5.97 Å². The molecule has 86 valence electrons. The summed E-state index contributed by atoms with van der Waals surface area (Å²) in [6, 6.07) is 3.39. The first-order valence-corrected chi connectivity index (χ1v) is 4.85. The summed E-state index contributed by atoms with van der Waals surface area (Å²) in [4.78, 5) is 25.8. The third kappa shape index (κ3) is 3.05. The Balaban J connectivity index is 3.04. The molecule has 1 unspecified atom stereocenters. The van der Waals surface area contributed by atoms with Gasteiger partial charge < -0.3 is 10.4 Å². The van der Waals surface area contributed by atoms with Gasteiger partial charge in [-0.1, -0.05) is 0 Å². The summed E-state index contributed by atoms with van der Waals surface area (Å²) in [7, 11) is 0. The highest BCUT2D eigenvalue weighted by Crippen LogP contribution is 2.23. The summed E-state index contributed by atoms with van der Waals surface area (Å²) in [5, 5.41) is 11.5. The van der Waals surface area contributed by atoms with E-state index in [-0.39, 0.29) is 12.3 Å². The van der Waals surface area contributed by atoms with Crippen LogP contribution in [0.25, 0.3) is 0 Å². The molecule has 1 atom stereocenters. The normalized spacial score (nSPS) is 13.9. The molecule has 0 saturated heterocycles. The largest absolute Gasteiger partial charge is 0.481 e. The van der Waals surface area contributed by atoms with Crippen molar-refractivity contribution in [2.45, 2.75) is 25.8 Å². The van der Waals surface area contributed by atoms with Crippen molar-refractivity contribution in [3.8, 4) is 0 Å². The zero-order valence-corrected chi connectivity index (χ0v) is 9.23. The number of nitrogens with zero attached hydrogens (tertiary/aromatic N) is 1. The number of carboxylic acid groups (broad SMARTS) is 1. The zero-order chi connectivity index (χ0) is 12.2. The second-order valence-corrected chi connectivity index (χ2v) is 3.82. The number of aliphatic carboxylic acids is 1. The minimum Gasteiger partial charge on any atom is -0.481 e. The quantitative estimate of drug-likeness (QED) is 0.793. The second-order valence-electron chi connectivity index (χ2n) is 3.82. The molecule has 0 aromatic carbocycles. The van der Waals surface area contributed by atoms with Gasteiger partial charge in [0.25, 0.3) is 0 Å². The molecular formula is C11H14N2O3. The highest BCUT2D eigenvalue weighted by molar-refractivity contribution is 5.76. The van der Waals surface area contributed by atoms with Crippen molar-refractivity contribution in [3.05, 3.63) is 30.1 Å². The van der Waals surface area contributed by atoms with E-state index in [1.807, 2.05) is 0 Å². The Morgan fingerprint density at radius 3 is 2.44 bits per heavy atom. The van der Waals surface area contributed by atoms with Crippen LogP contribution in [0.2, 0.25) is 0 Å². The molecule has 16 heavy (non-hydrogen) atoms. The molecule has 5 heteroatoms. The van der Waals surface area contributed by atoms with Crippen LogP contribution in [-0.4, -0.2) is 22.0 Å². The van der Waals surface area contributed by atoms with Crippen molar-refractivity contribution in [3.63, 3.8) is 0 Å². The fourth-order valence-electron chi connectivity index (χ4n) is 1.63. The summed E-state index contributed by atoms with van der Waals surface area (Å²) < 4.78 is 0. The number of hydrogen-bond acceptors (Lipinski definition) is 3.